The Morgan fingerprint density at radius 1 is 1.10 bits per heavy atom. The maximum Gasteiger partial charge on any atom is 0.276 e. The minimum Gasteiger partial charge on any atom is -0.361 e. The maximum absolute atomic E-state index is 13.9. The first kappa shape index (κ1) is 29.5. The lowest BCUT2D eigenvalue weighted by Crippen LogP contribution is -2.57. The highest BCUT2D eigenvalue weighted by Gasteiger charge is 2.39. The topological polar surface area (TPSA) is 105 Å². The van der Waals surface area contributed by atoms with Gasteiger partial charge in [0, 0.05) is 43.2 Å². The van der Waals surface area contributed by atoms with E-state index in [0.29, 0.717) is 43.7 Å². The van der Waals surface area contributed by atoms with E-state index in [9.17, 15) is 9.59 Å². The third-order valence-electron chi connectivity index (χ3n) is 8.87. The lowest BCUT2D eigenvalue weighted by molar-refractivity contribution is -0.128. The number of aromatic nitrogens is 1. The fourth-order valence-corrected chi connectivity index (χ4v) is 7.20. The average Bonchev–Trinajstić information content (AvgIpc) is 3.68. The van der Waals surface area contributed by atoms with Crippen LogP contribution in [0.15, 0.2) is 52.4 Å². The van der Waals surface area contributed by atoms with E-state index in [1.807, 2.05) is 0 Å². The van der Waals surface area contributed by atoms with Crippen molar-refractivity contribution in [3.8, 4) is 0 Å². The molecule has 1 saturated heterocycles. The summed E-state index contributed by atoms with van der Waals surface area (Å²) in [4.78, 5) is 32.9. The molecule has 1 aliphatic heterocycles. The number of nitrogens with zero attached hydrogens (tertiary/aromatic N) is 3. The summed E-state index contributed by atoms with van der Waals surface area (Å²) in [5.74, 6) is 1.22. The molecule has 2 amide bonds. The van der Waals surface area contributed by atoms with Crippen molar-refractivity contribution in [1.29, 1.82) is 0 Å². The van der Waals surface area contributed by atoms with Gasteiger partial charge in [0.1, 0.15) is 11.8 Å². The zero-order chi connectivity index (χ0) is 28.8. The van der Waals surface area contributed by atoms with E-state index >= 15 is 0 Å². The van der Waals surface area contributed by atoms with Crippen LogP contribution in [0.2, 0.25) is 0 Å². The first-order valence-electron chi connectivity index (χ1n) is 14.9. The Hall–Kier alpha value is -3.01. The van der Waals surface area contributed by atoms with E-state index in [2.05, 4.69) is 64.1 Å². The number of carbonyl (C=O) groups is 2. The first-order valence-corrected chi connectivity index (χ1v) is 15.8. The summed E-state index contributed by atoms with van der Waals surface area (Å²) in [6, 6.07) is 14.0. The number of amides is 2. The number of nitrogens with one attached hydrogen (secondary N) is 1. The Labute approximate surface area is 247 Å². The number of aryl methyl sites for hydroxylation is 2. The fraction of sp³-hybridized carbons (Fsp3) is 0.531. The number of carbonyl (C=O) groups excluding carboxylic acids is 2. The van der Waals surface area contributed by atoms with Crippen LogP contribution in [0.1, 0.15) is 70.8 Å². The molecule has 41 heavy (non-hydrogen) atoms. The predicted octanol–water partition coefficient (Wildman–Crippen LogP) is 4.91. The Bertz CT molecular complexity index is 1290. The number of nitrogens with two attached hydrogens (primary N) is 1. The normalized spacial score (nSPS) is 23.1. The molecule has 5 rings (SSSR count). The molecular weight excluding hydrogens is 534 g/mol. The maximum atomic E-state index is 13.9. The second-order valence-electron chi connectivity index (χ2n) is 11.8. The third kappa shape index (κ3) is 7.45. The van der Waals surface area contributed by atoms with Crippen LogP contribution in [0.25, 0.3) is 0 Å². The Balaban J connectivity index is 1.35. The van der Waals surface area contributed by atoms with Crippen molar-refractivity contribution in [3.63, 3.8) is 0 Å². The molecule has 3 N–H and O–H groups in total. The highest BCUT2D eigenvalue weighted by molar-refractivity contribution is 7.09. The van der Waals surface area contributed by atoms with Crippen molar-refractivity contribution in [2.24, 2.45) is 17.6 Å². The molecule has 9 heteroatoms. The van der Waals surface area contributed by atoms with Gasteiger partial charge in [-0.05, 0) is 86.9 Å². The van der Waals surface area contributed by atoms with Crippen molar-refractivity contribution >= 4 is 23.2 Å². The molecular formula is C32H43N5O3S. The lowest BCUT2D eigenvalue weighted by atomic mass is 9.81. The molecule has 8 nitrogen and oxygen atoms in total. The molecule has 3 heterocycles. The molecule has 0 spiro atoms. The molecule has 220 valence electrons. The van der Waals surface area contributed by atoms with E-state index in [-0.39, 0.29) is 23.6 Å². The molecule has 0 bridgehead atoms. The smallest absolute Gasteiger partial charge is 0.276 e. The van der Waals surface area contributed by atoms with Gasteiger partial charge in [-0.15, -0.1) is 11.3 Å². The van der Waals surface area contributed by atoms with Gasteiger partial charge < -0.3 is 20.5 Å². The third-order valence-corrected chi connectivity index (χ3v) is 9.73. The average molecular weight is 578 g/mol. The van der Waals surface area contributed by atoms with Crippen LogP contribution in [-0.2, 0) is 17.9 Å². The summed E-state index contributed by atoms with van der Waals surface area (Å²) in [6.07, 6.45) is 5.84. The molecule has 1 saturated carbocycles. The second-order valence-corrected chi connectivity index (χ2v) is 12.8. The van der Waals surface area contributed by atoms with Gasteiger partial charge >= 0.3 is 0 Å². The Morgan fingerprint density at radius 3 is 2.66 bits per heavy atom. The summed E-state index contributed by atoms with van der Waals surface area (Å²) < 4.78 is 5.20. The first-order chi connectivity index (χ1) is 19.9. The monoisotopic (exact) mass is 577 g/mol. The number of likely N-dealkylation sites (tertiary alicyclic amines) is 1. The van der Waals surface area contributed by atoms with Gasteiger partial charge in [0.15, 0.2) is 5.69 Å². The molecule has 2 aliphatic rings. The lowest BCUT2D eigenvalue weighted by Gasteiger charge is -2.43. The minimum absolute atomic E-state index is 0.0786. The molecule has 2 fully saturated rings. The SMILES string of the molecule is Cc1cc(C(=O)N2CCC(N(Cc3cccs3)Cc3ccccc3C)C[C@@H]2C(=O)NCC2CCCC(CN)C2)no1. The molecule has 1 aliphatic carbocycles. The summed E-state index contributed by atoms with van der Waals surface area (Å²) >= 11 is 1.75. The van der Waals surface area contributed by atoms with E-state index in [4.69, 9.17) is 10.3 Å². The fourth-order valence-electron chi connectivity index (χ4n) is 6.47. The molecule has 3 unspecified atom stereocenters. The van der Waals surface area contributed by atoms with Crippen molar-refractivity contribution in [2.45, 2.75) is 77.5 Å². The number of piperidine rings is 1. The van der Waals surface area contributed by atoms with Gasteiger partial charge in [0.25, 0.3) is 5.91 Å². The summed E-state index contributed by atoms with van der Waals surface area (Å²) in [6.45, 7) is 7.34. The van der Waals surface area contributed by atoms with Crippen LogP contribution in [0.5, 0.6) is 0 Å². The van der Waals surface area contributed by atoms with Crippen LogP contribution in [0.3, 0.4) is 0 Å². The number of rotatable bonds is 10. The van der Waals surface area contributed by atoms with Gasteiger partial charge in [0.05, 0.1) is 0 Å². The quantitative estimate of drug-likeness (QED) is 0.355. The van der Waals surface area contributed by atoms with Crippen molar-refractivity contribution in [1.82, 2.24) is 20.3 Å². The molecule has 3 aromatic rings. The van der Waals surface area contributed by atoms with E-state index < -0.39 is 6.04 Å². The van der Waals surface area contributed by atoms with E-state index in [1.54, 1.807) is 29.2 Å². The van der Waals surface area contributed by atoms with Gasteiger partial charge in [-0.1, -0.05) is 41.9 Å². The largest absolute Gasteiger partial charge is 0.361 e. The van der Waals surface area contributed by atoms with Crippen LogP contribution in [0, 0.1) is 25.7 Å². The van der Waals surface area contributed by atoms with E-state index in [1.165, 1.54) is 22.4 Å². The number of thiophene rings is 1. The standard InChI is InChI=1S/C32H43N5O3S/c1-22-7-3-4-10-26(22)20-36(21-28-11-6-14-41-28)27-12-13-37(32(39)29-15-23(2)40-35-29)30(17-27)31(38)34-19-25-9-5-8-24(16-25)18-33/h3-4,6-7,10-11,14-15,24-25,27,30H,5,8-9,12-13,16-21,33H2,1-2H3,(H,34,38)/t24?,25?,27?,30-/m1/s1. The summed E-state index contributed by atoms with van der Waals surface area (Å²) in [5, 5.41) is 9.32. The molecule has 0 radical (unpaired) electrons. The van der Waals surface area contributed by atoms with Crippen LogP contribution in [-0.4, -0.2) is 58.5 Å². The van der Waals surface area contributed by atoms with E-state index in [0.717, 1.165) is 38.8 Å². The number of hydrogen-bond donors (Lipinski definition) is 2. The van der Waals surface area contributed by atoms with Gasteiger partial charge in [-0.3, -0.25) is 14.5 Å². The second kappa shape index (κ2) is 13.8. The minimum atomic E-state index is -0.574. The number of benzene rings is 1. The molecule has 4 atom stereocenters. The highest BCUT2D eigenvalue weighted by Crippen LogP contribution is 2.30. The highest BCUT2D eigenvalue weighted by atomic mass is 32.1. The van der Waals surface area contributed by atoms with Crippen LogP contribution < -0.4 is 11.1 Å². The zero-order valence-corrected chi connectivity index (χ0v) is 25.1. The van der Waals surface area contributed by atoms with Crippen molar-refractivity contribution in [3.05, 3.63) is 75.3 Å². The summed E-state index contributed by atoms with van der Waals surface area (Å²) in [5.41, 5.74) is 8.76. The summed E-state index contributed by atoms with van der Waals surface area (Å²) in [7, 11) is 0. The van der Waals surface area contributed by atoms with Gasteiger partial charge in [0.2, 0.25) is 5.91 Å². The molecule has 1 aromatic carbocycles. The van der Waals surface area contributed by atoms with Crippen molar-refractivity contribution < 1.29 is 14.1 Å². The zero-order valence-electron chi connectivity index (χ0n) is 24.3. The molecule has 2 aromatic heterocycles. The van der Waals surface area contributed by atoms with Gasteiger partial charge in [-0.25, -0.2) is 0 Å². The van der Waals surface area contributed by atoms with Crippen LogP contribution >= 0.6 is 11.3 Å². The van der Waals surface area contributed by atoms with Crippen LogP contribution in [0.4, 0.5) is 0 Å². The number of hydrogen-bond acceptors (Lipinski definition) is 7. The Morgan fingerprint density at radius 2 is 1.93 bits per heavy atom. The van der Waals surface area contributed by atoms with Gasteiger partial charge in [-0.2, -0.15) is 0 Å². The van der Waals surface area contributed by atoms with Crippen molar-refractivity contribution in [2.75, 3.05) is 19.6 Å². The Kier molecular flexibility index (Phi) is 9.90. The predicted molar refractivity (Wildman–Crippen MR) is 161 cm³/mol.